The average Bonchev–Trinajstić information content (AvgIpc) is 2.41. The molecule has 0 amide bonds. The van der Waals surface area contributed by atoms with Crippen molar-refractivity contribution in [2.45, 2.75) is 6.54 Å². The minimum Gasteiger partial charge on any atom is -0.365 e. The van der Waals surface area contributed by atoms with Gasteiger partial charge in [0.1, 0.15) is 17.5 Å². The van der Waals surface area contributed by atoms with Crippen LogP contribution in [0.25, 0.3) is 0 Å². The molecule has 2 aromatic rings. The van der Waals surface area contributed by atoms with E-state index in [0.717, 1.165) is 18.2 Å². The first-order valence-electron chi connectivity index (χ1n) is 5.51. The lowest BCUT2D eigenvalue weighted by molar-refractivity contribution is 0.587. The molecule has 1 heterocycles. The predicted octanol–water partition coefficient (Wildman–Crippen LogP) is 3.56. The van der Waals surface area contributed by atoms with E-state index < -0.39 is 11.6 Å². The number of anilines is 2. The van der Waals surface area contributed by atoms with Crippen molar-refractivity contribution in [3.05, 3.63) is 51.5 Å². The highest BCUT2D eigenvalue weighted by atomic mass is 35.5. The molecular weight excluding hydrogens is 309 g/mol. The zero-order valence-corrected chi connectivity index (χ0v) is 11.6. The van der Waals surface area contributed by atoms with Gasteiger partial charge < -0.3 is 10.7 Å². The zero-order chi connectivity index (χ0) is 14.7. The molecule has 106 valence electrons. The maximum absolute atomic E-state index is 13.5. The van der Waals surface area contributed by atoms with Crippen LogP contribution in [-0.2, 0) is 6.54 Å². The van der Waals surface area contributed by atoms with Crippen LogP contribution >= 0.6 is 23.2 Å². The highest BCUT2D eigenvalue weighted by Gasteiger charge is 2.10. The number of nitrogens with zero attached hydrogens (tertiary/aromatic N) is 1. The van der Waals surface area contributed by atoms with E-state index in [1.807, 2.05) is 0 Å². The molecule has 2 rings (SSSR count). The summed E-state index contributed by atoms with van der Waals surface area (Å²) in [6.45, 7) is 0.0158. The fourth-order valence-corrected chi connectivity index (χ4v) is 2.03. The van der Waals surface area contributed by atoms with E-state index in [-0.39, 0.29) is 33.8 Å². The number of rotatable bonds is 4. The molecule has 1 aromatic heterocycles. The number of aromatic nitrogens is 1. The van der Waals surface area contributed by atoms with Gasteiger partial charge in [-0.05, 0) is 24.3 Å². The topological polar surface area (TPSA) is 63.0 Å². The van der Waals surface area contributed by atoms with E-state index in [1.54, 1.807) is 0 Å². The van der Waals surface area contributed by atoms with Crippen LogP contribution in [0, 0.1) is 11.6 Å². The van der Waals surface area contributed by atoms with Crippen molar-refractivity contribution in [1.29, 1.82) is 0 Å². The van der Waals surface area contributed by atoms with Crippen LogP contribution in [0.2, 0.25) is 10.0 Å². The van der Waals surface area contributed by atoms with Gasteiger partial charge in [0.05, 0.1) is 10.0 Å². The Morgan fingerprint density at radius 2 is 1.80 bits per heavy atom. The minimum atomic E-state index is -0.527. The number of pyridine rings is 1. The smallest absolute Gasteiger partial charge is 0.161 e. The van der Waals surface area contributed by atoms with E-state index in [0.29, 0.717) is 0 Å². The molecule has 1 aromatic carbocycles. The summed E-state index contributed by atoms with van der Waals surface area (Å²) in [5.41, 5.74) is 2.46. The third-order valence-electron chi connectivity index (χ3n) is 2.52. The van der Waals surface area contributed by atoms with Crippen molar-refractivity contribution < 1.29 is 8.78 Å². The molecule has 0 saturated heterocycles. The quantitative estimate of drug-likeness (QED) is 0.595. The van der Waals surface area contributed by atoms with E-state index in [2.05, 4.69) is 15.7 Å². The Bertz CT molecular complexity index is 637. The summed E-state index contributed by atoms with van der Waals surface area (Å²) >= 11 is 11.8. The van der Waals surface area contributed by atoms with Gasteiger partial charge in [-0.2, -0.15) is 0 Å². The van der Waals surface area contributed by atoms with E-state index in [4.69, 9.17) is 29.0 Å². The maximum atomic E-state index is 13.5. The summed E-state index contributed by atoms with van der Waals surface area (Å²) in [5, 5.41) is 3.29. The fourth-order valence-electron chi connectivity index (χ4n) is 1.55. The van der Waals surface area contributed by atoms with Gasteiger partial charge in [-0.3, -0.25) is 0 Å². The second kappa shape index (κ2) is 6.21. The molecule has 0 unspecified atom stereocenters. The summed E-state index contributed by atoms with van der Waals surface area (Å²) in [5.74, 6) is 4.67. The van der Waals surface area contributed by atoms with Gasteiger partial charge in [0.25, 0.3) is 0 Å². The molecule has 0 aliphatic rings. The van der Waals surface area contributed by atoms with Crippen molar-refractivity contribution in [2.75, 3.05) is 10.7 Å². The fraction of sp³-hybridized carbons (Fsp3) is 0.0833. The molecule has 0 bridgehead atoms. The molecule has 20 heavy (non-hydrogen) atoms. The summed E-state index contributed by atoms with van der Waals surface area (Å²) in [6, 6.07) is 4.63. The standard InChI is InChI=1S/C12H10Cl2F2N4/c13-8-4-9(14)12(20-17)19-11(8)18-5-6-3-7(15)1-2-10(6)16/h1-4H,5,17H2,(H2,18,19,20). The molecule has 4 N–H and O–H groups in total. The number of benzene rings is 1. The molecule has 0 fully saturated rings. The first-order chi connectivity index (χ1) is 9.51. The lowest BCUT2D eigenvalue weighted by Crippen LogP contribution is -2.11. The summed E-state index contributed by atoms with van der Waals surface area (Å²) in [7, 11) is 0. The number of halogens is 4. The van der Waals surface area contributed by atoms with Crippen LogP contribution in [0.1, 0.15) is 5.56 Å². The Morgan fingerprint density at radius 3 is 2.50 bits per heavy atom. The third-order valence-corrected chi connectivity index (χ3v) is 3.10. The van der Waals surface area contributed by atoms with Crippen molar-refractivity contribution >= 4 is 34.8 Å². The monoisotopic (exact) mass is 318 g/mol. The highest BCUT2D eigenvalue weighted by molar-refractivity contribution is 6.37. The Labute approximate surface area is 123 Å². The molecule has 0 atom stereocenters. The van der Waals surface area contributed by atoms with Crippen LogP contribution in [0.5, 0.6) is 0 Å². The minimum absolute atomic E-state index is 0.0158. The first-order valence-corrected chi connectivity index (χ1v) is 6.27. The zero-order valence-electron chi connectivity index (χ0n) is 10.1. The van der Waals surface area contributed by atoms with Gasteiger partial charge in [0.15, 0.2) is 5.82 Å². The van der Waals surface area contributed by atoms with E-state index in [1.165, 1.54) is 6.07 Å². The largest absolute Gasteiger partial charge is 0.365 e. The highest BCUT2D eigenvalue weighted by Crippen LogP contribution is 2.29. The molecule has 4 nitrogen and oxygen atoms in total. The van der Waals surface area contributed by atoms with Crippen molar-refractivity contribution in [2.24, 2.45) is 5.84 Å². The van der Waals surface area contributed by atoms with Crippen LogP contribution in [0.4, 0.5) is 20.4 Å². The van der Waals surface area contributed by atoms with Gasteiger partial charge >= 0.3 is 0 Å². The number of hydrogen-bond acceptors (Lipinski definition) is 4. The van der Waals surface area contributed by atoms with Gasteiger partial charge in [-0.15, -0.1) is 0 Å². The van der Waals surface area contributed by atoms with Crippen LogP contribution in [-0.4, -0.2) is 4.98 Å². The SMILES string of the molecule is NNc1nc(NCc2cc(F)ccc2F)c(Cl)cc1Cl. The van der Waals surface area contributed by atoms with Gasteiger partial charge in [-0.25, -0.2) is 19.6 Å². The lowest BCUT2D eigenvalue weighted by Gasteiger charge is -2.11. The van der Waals surface area contributed by atoms with Gasteiger partial charge in [0.2, 0.25) is 0 Å². The molecule has 0 spiro atoms. The maximum Gasteiger partial charge on any atom is 0.161 e. The average molecular weight is 319 g/mol. The molecule has 0 aliphatic heterocycles. The van der Waals surface area contributed by atoms with Crippen molar-refractivity contribution in [3.63, 3.8) is 0 Å². The molecule has 8 heteroatoms. The molecule has 0 radical (unpaired) electrons. The van der Waals surface area contributed by atoms with E-state index >= 15 is 0 Å². The summed E-state index contributed by atoms with van der Waals surface area (Å²) in [4.78, 5) is 4.03. The lowest BCUT2D eigenvalue weighted by atomic mass is 10.2. The molecule has 0 aliphatic carbocycles. The summed E-state index contributed by atoms with van der Waals surface area (Å²) in [6.07, 6.45) is 0. The van der Waals surface area contributed by atoms with Crippen LogP contribution in [0.3, 0.4) is 0 Å². The van der Waals surface area contributed by atoms with Gasteiger partial charge in [0, 0.05) is 12.1 Å². The number of nitrogens with one attached hydrogen (secondary N) is 2. The number of nitrogen functional groups attached to an aromatic ring is 1. The third kappa shape index (κ3) is 3.27. The molecule has 0 saturated carbocycles. The second-order valence-corrected chi connectivity index (χ2v) is 4.70. The van der Waals surface area contributed by atoms with Crippen molar-refractivity contribution in [3.8, 4) is 0 Å². The summed E-state index contributed by atoms with van der Waals surface area (Å²) < 4.78 is 26.5. The first kappa shape index (κ1) is 14.8. The predicted molar refractivity (Wildman–Crippen MR) is 75.8 cm³/mol. The Hall–Kier alpha value is -1.63. The van der Waals surface area contributed by atoms with Crippen LogP contribution < -0.4 is 16.6 Å². The Morgan fingerprint density at radius 1 is 1.10 bits per heavy atom. The Balaban J connectivity index is 2.20. The van der Waals surface area contributed by atoms with Gasteiger partial charge in [-0.1, -0.05) is 23.2 Å². The Kier molecular flexibility index (Phi) is 4.59. The van der Waals surface area contributed by atoms with E-state index in [9.17, 15) is 8.78 Å². The van der Waals surface area contributed by atoms with Crippen LogP contribution in [0.15, 0.2) is 24.3 Å². The number of nitrogens with two attached hydrogens (primary N) is 1. The second-order valence-electron chi connectivity index (χ2n) is 3.88. The van der Waals surface area contributed by atoms with Crippen molar-refractivity contribution in [1.82, 2.24) is 4.98 Å². The molecular formula is C12H10Cl2F2N4. The normalized spacial score (nSPS) is 10.4. The number of hydrazine groups is 1. The number of hydrogen-bond donors (Lipinski definition) is 3.